The molecule has 17 heavy (non-hydrogen) atoms. The lowest BCUT2D eigenvalue weighted by atomic mass is 10.0. The summed E-state index contributed by atoms with van der Waals surface area (Å²) < 4.78 is 3.19. The number of hydrogen-bond acceptors (Lipinski definition) is 2. The third kappa shape index (κ3) is 2.58. The molecule has 2 aromatic rings. The van der Waals surface area contributed by atoms with Gasteiger partial charge < -0.3 is 10.3 Å². The Morgan fingerprint density at radius 1 is 1.41 bits per heavy atom. The number of benzene rings is 1. The molecule has 0 bridgehead atoms. The molecular weight excluding hydrogens is 278 g/mol. The Labute approximate surface area is 110 Å². The third-order valence-corrected chi connectivity index (χ3v) is 3.34. The van der Waals surface area contributed by atoms with Crippen LogP contribution in [0, 0.1) is 6.92 Å². The summed E-state index contributed by atoms with van der Waals surface area (Å²) in [6, 6.07) is 8.39. The number of rotatable bonds is 3. The lowest BCUT2D eigenvalue weighted by Gasteiger charge is -2.24. The molecule has 1 aromatic heterocycles. The second kappa shape index (κ2) is 5.02. The van der Waals surface area contributed by atoms with Crippen LogP contribution in [0.5, 0.6) is 0 Å². The Hall–Kier alpha value is -1.13. The Morgan fingerprint density at radius 2 is 2.18 bits per heavy atom. The first-order valence-electron chi connectivity index (χ1n) is 5.60. The zero-order chi connectivity index (χ0) is 12.4. The van der Waals surface area contributed by atoms with Crippen molar-refractivity contribution >= 4 is 15.9 Å². The van der Waals surface area contributed by atoms with E-state index >= 15 is 0 Å². The van der Waals surface area contributed by atoms with Crippen molar-refractivity contribution in [2.75, 3.05) is 0 Å². The highest BCUT2D eigenvalue weighted by molar-refractivity contribution is 9.10. The highest BCUT2D eigenvalue weighted by Crippen LogP contribution is 2.25. The van der Waals surface area contributed by atoms with Crippen LogP contribution in [-0.4, -0.2) is 15.6 Å². The highest BCUT2D eigenvalue weighted by atomic mass is 79.9. The van der Waals surface area contributed by atoms with Crippen LogP contribution in [0.3, 0.4) is 0 Å². The molecule has 2 N–H and O–H groups in total. The molecule has 1 aromatic carbocycles. The summed E-state index contributed by atoms with van der Waals surface area (Å²) in [5, 5.41) is 0. The second-order valence-corrected chi connectivity index (χ2v) is 5.16. The maximum absolute atomic E-state index is 6.11. The quantitative estimate of drug-likeness (QED) is 0.946. The van der Waals surface area contributed by atoms with E-state index in [0.29, 0.717) is 0 Å². The van der Waals surface area contributed by atoms with Crippen LogP contribution in [0.4, 0.5) is 0 Å². The van der Waals surface area contributed by atoms with E-state index in [1.807, 2.05) is 38.4 Å². The van der Waals surface area contributed by atoms with Gasteiger partial charge in [-0.25, -0.2) is 4.98 Å². The molecule has 0 saturated carbocycles. The molecule has 90 valence electrons. The van der Waals surface area contributed by atoms with Crippen LogP contribution < -0.4 is 5.73 Å². The first-order valence-corrected chi connectivity index (χ1v) is 6.39. The van der Waals surface area contributed by atoms with Crippen molar-refractivity contribution in [3.05, 3.63) is 52.5 Å². The van der Waals surface area contributed by atoms with Crippen LogP contribution in [0.25, 0.3) is 0 Å². The Kier molecular flexibility index (Phi) is 3.64. The van der Waals surface area contributed by atoms with Crippen molar-refractivity contribution < 1.29 is 0 Å². The van der Waals surface area contributed by atoms with Gasteiger partial charge in [-0.15, -0.1) is 0 Å². The second-order valence-electron chi connectivity index (χ2n) is 4.24. The van der Waals surface area contributed by atoms with Gasteiger partial charge in [0, 0.05) is 22.9 Å². The molecule has 0 aliphatic heterocycles. The average Bonchev–Trinajstić information content (AvgIpc) is 2.65. The number of imidazole rings is 1. The van der Waals surface area contributed by atoms with E-state index in [1.165, 1.54) is 5.56 Å². The van der Waals surface area contributed by atoms with Gasteiger partial charge in [0.15, 0.2) is 0 Å². The number of hydrogen-bond donors (Lipinski definition) is 1. The van der Waals surface area contributed by atoms with Gasteiger partial charge in [-0.3, -0.25) is 0 Å². The maximum Gasteiger partial charge on any atom is 0.106 e. The number of aryl methyl sites for hydroxylation is 1. The summed E-state index contributed by atoms with van der Waals surface area (Å²) in [6.45, 7) is 4.01. The molecule has 3 nitrogen and oxygen atoms in total. The van der Waals surface area contributed by atoms with E-state index in [9.17, 15) is 0 Å². The van der Waals surface area contributed by atoms with Crippen molar-refractivity contribution in [3.63, 3.8) is 0 Å². The Morgan fingerprint density at radius 3 is 2.71 bits per heavy atom. The average molecular weight is 294 g/mol. The van der Waals surface area contributed by atoms with E-state index in [0.717, 1.165) is 10.3 Å². The molecule has 2 unspecified atom stereocenters. The zero-order valence-electron chi connectivity index (χ0n) is 9.97. The smallest absolute Gasteiger partial charge is 0.106 e. The van der Waals surface area contributed by atoms with Crippen molar-refractivity contribution in [2.24, 2.45) is 5.73 Å². The minimum absolute atomic E-state index is 0.0252. The van der Waals surface area contributed by atoms with Gasteiger partial charge in [0.05, 0.1) is 6.04 Å². The van der Waals surface area contributed by atoms with Gasteiger partial charge in [0.1, 0.15) is 5.82 Å². The monoisotopic (exact) mass is 293 g/mol. The predicted octanol–water partition coefficient (Wildman–Crippen LogP) is 2.89. The summed E-state index contributed by atoms with van der Waals surface area (Å²) in [5.41, 5.74) is 7.31. The topological polar surface area (TPSA) is 43.8 Å². The van der Waals surface area contributed by atoms with E-state index < -0.39 is 0 Å². The fourth-order valence-corrected chi connectivity index (χ4v) is 2.51. The van der Waals surface area contributed by atoms with Crippen molar-refractivity contribution in [2.45, 2.75) is 25.9 Å². The van der Waals surface area contributed by atoms with Crippen LogP contribution >= 0.6 is 15.9 Å². The fourth-order valence-electron chi connectivity index (χ4n) is 2.09. The SMILES string of the molecule is Cc1nccn1C(c1cccc(Br)c1)C(C)N. The number of nitrogens with zero attached hydrogens (tertiary/aromatic N) is 2. The van der Waals surface area contributed by atoms with Crippen molar-refractivity contribution in [3.8, 4) is 0 Å². The summed E-state index contributed by atoms with van der Waals surface area (Å²) in [6.07, 6.45) is 3.78. The van der Waals surface area contributed by atoms with E-state index in [1.54, 1.807) is 0 Å². The zero-order valence-corrected chi connectivity index (χ0v) is 11.6. The van der Waals surface area contributed by atoms with E-state index in [2.05, 4.69) is 37.6 Å². The van der Waals surface area contributed by atoms with E-state index in [-0.39, 0.29) is 12.1 Å². The van der Waals surface area contributed by atoms with Crippen LogP contribution in [-0.2, 0) is 0 Å². The third-order valence-electron chi connectivity index (χ3n) is 2.85. The first-order chi connectivity index (χ1) is 8.09. The van der Waals surface area contributed by atoms with Gasteiger partial charge in [0.2, 0.25) is 0 Å². The summed E-state index contributed by atoms with van der Waals surface area (Å²) in [7, 11) is 0. The van der Waals surface area contributed by atoms with Gasteiger partial charge >= 0.3 is 0 Å². The maximum atomic E-state index is 6.11. The number of nitrogens with two attached hydrogens (primary N) is 1. The molecule has 1 heterocycles. The summed E-state index contributed by atoms with van der Waals surface area (Å²) in [4.78, 5) is 4.26. The van der Waals surface area contributed by atoms with Crippen LogP contribution in [0.15, 0.2) is 41.1 Å². The molecule has 4 heteroatoms. The lowest BCUT2D eigenvalue weighted by molar-refractivity contribution is 0.486. The fraction of sp³-hybridized carbons (Fsp3) is 0.308. The highest BCUT2D eigenvalue weighted by Gasteiger charge is 2.19. The van der Waals surface area contributed by atoms with Gasteiger partial charge in [-0.05, 0) is 31.5 Å². The minimum atomic E-state index is 0.0252. The largest absolute Gasteiger partial charge is 0.326 e. The number of halogens is 1. The van der Waals surface area contributed by atoms with Gasteiger partial charge in [-0.2, -0.15) is 0 Å². The van der Waals surface area contributed by atoms with Gasteiger partial charge in [0.25, 0.3) is 0 Å². The normalized spacial score (nSPS) is 14.6. The standard InChI is InChI=1S/C13H16BrN3/c1-9(15)13(17-7-6-16-10(17)2)11-4-3-5-12(14)8-11/h3-9,13H,15H2,1-2H3. The molecule has 2 rings (SSSR count). The molecule has 0 radical (unpaired) electrons. The minimum Gasteiger partial charge on any atom is -0.326 e. The lowest BCUT2D eigenvalue weighted by Crippen LogP contribution is -2.30. The van der Waals surface area contributed by atoms with Crippen LogP contribution in [0.2, 0.25) is 0 Å². The molecule has 0 spiro atoms. The van der Waals surface area contributed by atoms with Crippen molar-refractivity contribution in [1.82, 2.24) is 9.55 Å². The van der Waals surface area contributed by atoms with Crippen molar-refractivity contribution in [1.29, 1.82) is 0 Å². The van der Waals surface area contributed by atoms with Gasteiger partial charge in [-0.1, -0.05) is 28.1 Å². The van der Waals surface area contributed by atoms with E-state index in [4.69, 9.17) is 5.73 Å². The Balaban J connectivity index is 2.47. The summed E-state index contributed by atoms with van der Waals surface area (Å²) >= 11 is 3.50. The summed E-state index contributed by atoms with van der Waals surface area (Å²) in [5.74, 6) is 0.979. The first kappa shape index (κ1) is 12.3. The molecule has 2 atom stereocenters. The molecular formula is C13H16BrN3. The molecule has 0 saturated heterocycles. The molecule has 0 amide bonds. The number of aromatic nitrogens is 2. The van der Waals surface area contributed by atoms with Crippen LogP contribution in [0.1, 0.15) is 24.4 Å². The Bertz CT molecular complexity index is 505. The molecule has 0 aliphatic rings. The predicted molar refractivity (Wildman–Crippen MR) is 72.9 cm³/mol. The molecule has 0 aliphatic carbocycles. The molecule has 0 fully saturated rings.